The second-order valence-electron chi connectivity index (χ2n) is 7.19. The van der Waals surface area contributed by atoms with Crippen molar-refractivity contribution in [1.29, 1.82) is 0 Å². The molecule has 3 aromatic rings. The van der Waals surface area contributed by atoms with Gasteiger partial charge in [-0.15, -0.1) is 5.10 Å². The lowest BCUT2D eigenvalue weighted by Crippen LogP contribution is -3.13. The van der Waals surface area contributed by atoms with Crippen molar-refractivity contribution >= 4 is 5.69 Å². The van der Waals surface area contributed by atoms with E-state index in [4.69, 9.17) is 9.47 Å². The summed E-state index contributed by atoms with van der Waals surface area (Å²) < 4.78 is 12.7. The zero-order valence-electron chi connectivity index (χ0n) is 15.6. The lowest BCUT2D eigenvalue weighted by Gasteiger charge is -2.33. The van der Waals surface area contributed by atoms with Gasteiger partial charge < -0.3 is 19.3 Å². The van der Waals surface area contributed by atoms with Gasteiger partial charge in [-0.05, 0) is 40.3 Å². The number of tetrazole rings is 1. The quantitative estimate of drug-likeness (QED) is 0.690. The normalized spacial score (nSPS) is 16.5. The van der Waals surface area contributed by atoms with Gasteiger partial charge in [-0.25, -0.2) is 4.68 Å². The molecule has 1 N–H and O–H groups in total. The van der Waals surface area contributed by atoms with Gasteiger partial charge in [0.15, 0.2) is 11.5 Å². The minimum absolute atomic E-state index is 0.285. The number of rotatable bonds is 5. The minimum atomic E-state index is 0.285. The maximum atomic E-state index is 5.46. The molecule has 2 aliphatic rings. The van der Waals surface area contributed by atoms with E-state index in [1.165, 1.54) is 10.6 Å². The largest absolute Gasteiger partial charge is 0.454 e. The molecule has 3 heterocycles. The van der Waals surface area contributed by atoms with Gasteiger partial charge in [-0.2, -0.15) is 0 Å². The van der Waals surface area contributed by atoms with Crippen LogP contribution in [-0.2, 0) is 13.1 Å². The second-order valence-corrected chi connectivity index (χ2v) is 7.19. The Morgan fingerprint density at radius 1 is 0.964 bits per heavy atom. The van der Waals surface area contributed by atoms with Crippen LogP contribution in [0.2, 0.25) is 0 Å². The number of benzene rings is 2. The van der Waals surface area contributed by atoms with Crippen molar-refractivity contribution in [3.05, 3.63) is 59.9 Å². The SMILES string of the molecule is c1ccc(N2CC[NH+](Cc3nnnn3Cc3ccc4c(c3)OCO4)CC2)cc1. The van der Waals surface area contributed by atoms with Crippen molar-refractivity contribution in [3.63, 3.8) is 0 Å². The molecule has 0 unspecified atom stereocenters. The van der Waals surface area contributed by atoms with Crippen molar-refractivity contribution in [2.45, 2.75) is 13.1 Å². The minimum Gasteiger partial charge on any atom is -0.454 e. The number of quaternary nitrogens is 1. The number of nitrogens with one attached hydrogen (secondary N) is 1. The molecule has 0 amide bonds. The zero-order chi connectivity index (χ0) is 18.8. The Bertz CT molecular complexity index is 937. The van der Waals surface area contributed by atoms with Gasteiger partial charge >= 0.3 is 0 Å². The van der Waals surface area contributed by atoms with Gasteiger partial charge in [0.05, 0.1) is 32.7 Å². The van der Waals surface area contributed by atoms with E-state index in [-0.39, 0.29) is 6.79 Å². The molecule has 1 aromatic heterocycles. The van der Waals surface area contributed by atoms with Gasteiger partial charge in [0.2, 0.25) is 12.6 Å². The average molecular weight is 379 g/mol. The fraction of sp³-hybridized carbons (Fsp3) is 0.350. The molecule has 0 bridgehead atoms. The first-order valence-corrected chi connectivity index (χ1v) is 9.62. The summed E-state index contributed by atoms with van der Waals surface area (Å²) >= 11 is 0. The third-order valence-electron chi connectivity index (χ3n) is 5.38. The van der Waals surface area contributed by atoms with E-state index < -0.39 is 0 Å². The smallest absolute Gasteiger partial charge is 0.231 e. The molecule has 1 fully saturated rings. The monoisotopic (exact) mass is 379 g/mol. The first-order chi connectivity index (χ1) is 13.8. The van der Waals surface area contributed by atoms with Crippen LogP contribution in [-0.4, -0.2) is 53.2 Å². The van der Waals surface area contributed by atoms with Gasteiger partial charge in [-0.3, -0.25) is 0 Å². The molecule has 0 spiro atoms. The maximum Gasteiger partial charge on any atom is 0.231 e. The molecule has 0 aliphatic carbocycles. The molecule has 0 saturated carbocycles. The number of aromatic nitrogens is 4. The third kappa shape index (κ3) is 3.50. The zero-order valence-corrected chi connectivity index (χ0v) is 15.6. The van der Waals surface area contributed by atoms with Crippen molar-refractivity contribution in [2.75, 3.05) is 37.9 Å². The van der Waals surface area contributed by atoms with Crippen LogP contribution in [0, 0.1) is 0 Å². The molecular weight excluding hydrogens is 356 g/mol. The van der Waals surface area contributed by atoms with Crippen LogP contribution in [0.5, 0.6) is 11.5 Å². The molecule has 2 aliphatic heterocycles. The Kier molecular flexibility index (Phi) is 4.54. The van der Waals surface area contributed by atoms with Crippen LogP contribution in [0.3, 0.4) is 0 Å². The number of fused-ring (bicyclic) bond motifs is 1. The highest BCUT2D eigenvalue weighted by Crippen LogP contribution is 2.32. The molecule has 0 atom stereocenters. The van der Waals surface area contributed by atoms with Crippen LogP contribution in [0.1, 0.15) is 11.4 Å². The van der Waals surface area contributed by atoms with Gasteiger partial charge in [0.1, 0.15) is 6.54 Å². The summed E-state index contributed by atoms with van der Waals surface area (Å²) in [7, 11) is 0. The number of hydrogen-bond donors (Lipinski definition) is 1. The summed E-state index contributed by atoms with van der Waals surface area (Å²) in [5.41, 5.74) is 2.40. The number of nitrogens with zero attached hydrogens (tertiary/aromatic N) is 5. The number of para-hydroxylation sites is 1. The van der Waals surface area contributed by atoms with Crippen molar-refractivity contribution < 1.29 is 14.4 Å². The van der Waals surface area contributed by atoms with Crippen LogP contribution < -0.4 is 19.3 Å². The van der Waals surface area contributed by atoms with E-state index in [2.05, 4.69) is 50.8 Å². The Morgan fingerprint density at radius 3 is 2.64 bits per heavy atom. The van der Waals surface area contributed by atoms with Crippen LogP contribution in [0.4, 0.5) is 5.69 Å². The molecule has 8 nitrogen and oxygen atoms in total. The lowest BCUT2D eigenvalue weighted by molar-refractivity contribution is -0.915. The van der Waals surface area contributed by atoms with E-state index >= 15 is 0 Å². The Labute approximate surface area is 163 Å². The highest BCUT2D eigenvalue weighted by molar-refractivity contribution is 5.46. The van der Waals surface area contributed by atoms with Crippen LogP contribution in [0.15, 0.2) is 48.5 Å². The number of hydrogen-bond acceptors (Lipinski definition) is 6. The standard InChI is InChI=1S/C20H22N6O2/c1-2-4-17(5-3-1)25-10-8-24(9-11-25)14-20-21-22-23-26(20)13-16-6-7-18-19(12-16)28-15-27-18/h1-7,12H,8-11,13-15H2/p+1. The molecule has 2 aromatic carbocycles. The molecule has 1 saturated heterocycles. The molecule has 5 rings (SSSR count). The summed E-state index contributed by atoms with van der Waals surface area (Å²) in [5, 5.41) is 12.4. The predicted molar refractivity (Wildman–Crippen MR) is 103 cm³/mol. The van der Waals surface area contributed by atoms with E-state index in [1.807, 2.05) is 22.9 Å². The van der Waals surface area contributed by atoms with E-state index in [0.717, 1.165) is 55.6 Å². The summed E-state index contributed by atoms with van der Waals surface area (Å²) in [6.07, 6.45) is 0. The van der Waals surface area contributed by atoms with Gasteiger partial charge in [-0.1, -0.05) is 24.3 Å². The highest BCUT2D eigenvalue weighted by atomic mass is 16.7. The molecule has 28 heavy (non-hydrogen) atoms. The van der Waals surface area contributed by atoms with Crippen molar-refractivity contribution in [2.24, 2.45) is 0 Å². The summed E-state index contributed by atoms with van der Waals surface area (Å²) in [6, 6.07) is 16.6. The molecule has 0 radical (unpaired) electrons. The first kappa shape index (κ1) is 17.0. The fourth-order valence-electron chi connectivity index (χ4n) is 3.81. The number of anilines is 1. The summed E-state index contributed by atoms with van der Waals surface area (Å²) in [4.78, 5) is 3.95. The van der Waals surface area contributed by atoms with Crippen molar-refractivity contribution in [3.8, 4) is 11.5 Å². The predicted octanol–water partition coefficient (Wildman–Crippen LogP) is 0.355. The second kappa shape index (κ2) is 7.47. The maximum absolute atomic E-state index is 5.46. The van der Waals surface area contributed by atoms with E-state index in [9.17, 15) is 0 Å². The highest BCUT2D eigenvalue weighted by Gasteiger charge is 2.23. The first-order valence-electron chi connectivity index (χ1n) is 9.62. The van der Waals surface area contributed by atoms with E-state index in [1.54, 1.807) is 0 Å². The Morgan fingerprint density at radius 2 is 1.79 bits per heavy atom. The van der Waals surface area contributed by atoms with Crippen molar-refractivity contribution in [1.82, 2.24) is 20.2 Å². The topological polar surface area (TPSA) is 69.7 Å². The Hall–Kier alpha value is -3.13. The number of piperazine rings is 1. The van der Waals surface area contributed by atoms with Crippen LogP contribution in [0.25, 0.3) is 0 Å². The third-order valence-corrected chi connectivity index (χ3v) is 5.38. The molecule has 8 heteroatoms. The van der Waals surface area contributed by atoms with Crippen LogP contribution >= 0.6 is 0 Å². The van der Waals surface area contributed by atoms with E-state index in [0.29, 0.717) is 6.54 Å². The van der Waals surface area contributed by atoms with Gasteiger partial charge in [0, 0.05) is 5.69 Å². The lowest BCUT2D eigenvalue weighted by atomic mass is 10.2. The van der Waals surface area contributed by atoms with Gasteiger partial charge in [0.25, 0.3) is 0 Å². The number of ether oxygens (including phenoxy) is 2. The summed E-state index contributed by atoms with van der Waals surface area (Å²) in [5.74, 6) is 2.50. The fourth-order valence-corrected chi connectivity index (χ4v) is 3.81. The Balaban J connectivity index is 1.21. The average Bonchev–Trinajstić information content (AvgIpc) is 3.38. The molecule has 144 valence electrons. The molecular formula is C20H23N6O2+. The summed E-state index contributed by atoms with van der Waals surface area (Å²) in [6.45, 7) is 5.99.